The Morgan fingerprint density at radius 2 is 1.59 bits per heavy atom. The second kappa shape index (κ2) is 6.47. The molecular formula is C12H29NO2Si2. The minimum absolute atomic E-state index is 0.834. The molecule has 0 amide bonds. The van der Waals surface area contributed by atoms with Crippen molar-refractivity contribution >= 4 is 16.5 Å². The molecule has 1 fully saturated rings. The fourth-order valence-corrected chi connectivity index (χ4v) is 13.7. The molecule has 0 N–H and O–H groups in total. The Morgan fingerprint density at radius 1 is 1.06 bits per heavy atom. The van der Waals surface area contributed by atoms with Gasteiger partial charge in [-0.2, -0.15) is 0 Å². The molecule has 1 saturated heterocycles. The molecule has 0 bridgehead atoms. The molecule has 102 valence electrons. The van der Waals surface area contributed by atoms with E-state index >= 15 is 0 Å². The van der Waals surface area contributed by atoms with Crippen LogP contribution in [0.2, 0.25) is 25.7 Å². The lowest BCUT2D eigenvalue weighted by Crippen LogP contribution is -2.65. The van der Waals surface area contributed by atoms with E-state index in [1.54, 1.807) is 0 Å². The molecule has 1 aliphatic rings. The van der Waals surface area contributed by atoms with Crippen LogP contribution >= 0.6 is 0 Å². The van der Waals surface area contributed by atoms with Crippen molar-refractivity contribution in [1.82, 2.24) is 4.23 Å². The van der Waals surface area contributed by atoms with Crippen molar-refractivity contribution in [2.45, 2.75) is 46.0 Å². The van der Waals surface area contributed by atoms with Crippen LogP contribution in [0.3, 0.4) is 0 Å². The normalized spacial score (nSPS) is 21.0. The Kier molecular flexibility index (Phi) is 5.85. The SMILES string of the molecule is CCOC[Si]1(COCC)CCCN1[Si](C)(C)C. The maximum atomic E-state index is 5.81. The van der Waals surface area contributed by atoms with E-state index < -0.39 is 16.5 Å². The van der Waals surface area contributed by atoms with E-state index in [1.165, 1.54) is 19.0 Å². The summed E-state index contributed by atoms with van der Waals surface area (Å²) in [5.74, 6) is 0. The van der Waals surface area contributed by atoms with Gasteiger partial charge in [0.25, 0.3) is 0 Å². The summed E-state index contributed by atoms with van der Waals surface area (Å²) in [5, 5.41) is 0. The summed E-state index contributed by atoms with van der Waals surface area (Å²) in [4.78, 5) is 0. The zero-order valence-corrected chi connectivity index (χ0v) is 14.2. The van der Waals surface area contributed by atoms with Gasteiger partial charge in [0.05, 0.1) is 12.5 Å². The summed E-state index contributed by atoms with van der Waals surface area (Å²) < 4.78 is 14.5. The minimum atomic E-state index is -1.49. The third-order valence-electron chi connectivity index (χ3n) is 3.56. The molecular weight excluding hydrogens is 246 g/mol. The van der Waals surface area contributed by atoms with Gasteiger partial charge >= 0.3 is 0 Å². The van der Waals surface area contributed by atoms with E-state index in [0.717, 1.165) is 25.7 Å². The summed E-state index contributed by atoms with van der Waals surface area (Å²) in [5.41, 5.74) is 0. The number of hydrogen-bond acceptors (Lipinski definition) is 3. The van der Waals surface area contributed by atoms with Gasteiger partial charge in [0.2, 0.25) is 0 Å². The molecule has 0 radical (unpaired) electrons. The predicted octanol–water partition coefficient (Wildman–Crippen LogP) is 2.62. The molecule has 0 aliphatic carbocycles. The monoisotopic (exact) mass is 275 g/mol. The average Bonchev–Trinajstić information content (AvgIpc) is 2.68. The summed E-state index contributed by atoms with van der Waals surface area (Å²) in [7, 11) is -2.71. The van der Waals surface area contributed by atoms with Crippen molar-refractivity contribution in [3.8, 4) is 0 Å². The fraction of sp³-hybridized carbons (Fsp3) is 1.00. The van der Waals surface area contributed by atoms with Crippen LogP contribution in [0.15, 0.2) is 0 Å². The van der Waals surface area contributed by atoms with Crippen molar-refractivity contribution in [3.05, 3.63) is 0 Å². The van der Waals surface area contributed by atoms with Crippen LogP contribution in [0, 0.1) is 0 Å². The second-order valence-electron chi connectivity index (χ2n) is 5.92. The molecule has 5 heteroatoms. The third-order valence-corrected chi connectivity index (χ3v) is 13.0. The molecule has 0 aromatic heterocycles. The van der Waals surface area contributed by atoms with E-state index in [1.807, 2.05) is 0 Å². The number of rotatable bonds is 7. The number of ether oxygens (including phenoxy) is 2. The highest BCUT2D eigenvalue weighted by atomic mass is 28.4. The molecule has 0 saturated carbocycles. The summed E-state index contributed by atoms with van der Waals surface area (Å²) in [6.45, 7) is 14.5. The molecule has 1 aliphatic heterocycles. The first-order chi connectivity index (χ1) is 7.96. The average molecular weight is 276 g/mol. The number of hydrogen-bond donors (Lipinski definition) is 0. The van der Waals surface area contributed by atoms with E-state index in [-0.39, 0.29) is 0 Å². The zero-order valence-electron chi connectivity index (χ0n) is 12.2. The Labute approximate surface area is 109 Å². The van der Waals surface area contributed by atoms with Crippen LogP contribution in [-0.4, -0.2) is 52.9 Å². The maximum Gasteiger partial charge on any atom is 0.175 e. The maximum absolute atomic E-state index is 5.81. The Hall–Kier alpha value is 0.314. The van der Waals surface area contributed by atoms with E-state index in [4.69, 9.17) is 9.47 Å². The van der Waals surface area contributed by atoms with E-state index in [9.17, 15) is 0 Å². The van der Waals surface area contributed by atoms with Crippen LogP contribution in [0.5, 0.6) is 0 Å². The Morgan fingerprint density at radius 3 is 2.00 bits per heavy atom. The van der Waals surface area contributed by atoms with Crippen molar-refractivity contribution in [2.75, 3.05) is 32.2 Å². The minimum Gasteiger partial charge on any atom is -0.383 e. The molecule has 0 aromatic carbocycles. The zero-order chi connectivity index (χ0) is 12.9. The van der Waals surface area contributed by atoms with Crippen molar-refractivity contribution in [1.29, 1.82) is 0 Å². The lowest BCUT2D eigenvalue weighted by molar-refractivity contribution is 0.156. The highest BCUT2D eigenvalue weighted by Crippen LogP contribution is 2.31. The Bertz CT molecular complexity index is 223. The van der Waals surface area contributed by atoms with Crippen LogP contribution in [-0.2, 0) is 9.47 Å². The topological polar surface area (TPSA) is 21.7 Å². The first-order valence-electron chi connectivity index (χ1n) is 6.89. The third kappa shape index (κ3) is 3.89. The molecule has 17 heavy (non-hydrogen) atoms. The van der Waals surface area contributed by atoms with Crippen molar-refractivity contribution in [2.24, 2.45) is 0 Å². The largest absolute Gasteiger partial charge is 0.383 e. The Balaban J connectivity index is 2.78. The predicted molar refractivity (Wildman–Crippen MR) is 78.2 cm³/mol. The van der Waals surface area contributed by atoms with Crippen LogP contribution in [0.1, 0.15) is 20.3 Å². The summed E-state index contributed by atoms with van der Waals surface area (Å²) >= 11 is 0. The van der Waals surface area contributed by atoms with Crippen LogP contribution in [0.4, 0.5) is 0 Å². The quantitative estimate of drug-likeness (QED) is 0.667. The molecule has 0 unspecified atom stereocenters. The van der Waals surface area contributed by atoms with Gasteiger partial charge in [-0.3, -0.25) is 0 Å². The van der Waals surface area contributed by atoms with Crippen LogP contribution in [0.25, 0.3) is 0 Å². The molecule has 0 aromatic rings. The lowest BCUT2D eigenvalue weighted by Gasteiger charge is -2.43. The molecule has 0 atom stereocenters. The highest BCUT2D eigenvalue weighted by molar-refractivity contribution is 6.91. The molecule has 1 heterocycles. The van der Waals surface area contributed by atoms with Gasteiger partial charge in [0.1, 0.15) is 8.24 Å². The van der Waals surface area contributed by atoms with E-state index in [2.05, 4.69) is 37.7 Å². The second-order valence-corrected chi connectivity index (χ2v) is 15.3. The van der Waals surface area contributed by atoms with Gasteiger partial charge in [0.15, 0.2) is 8.24 Å². The van der Waals surface area contributed by atoms with E-state index in [0.29, 0.717) is 0 Å². The number of nitrogens with zero attached hydrogens (tertiary/aromatic N) is 1. The van der Waals surface area contributed by atoms with Gasteiger partial charge in [-0.15, -0.1) is 0 Å². The van der Waals surface area contributed by atoms with Gasteiger partial charge in [-0.25, -0.2) is 0 Å². The van der Waals surface area contributed by atoms with Gasteiger partial charge in [0, 0.05) is 13.2 Å². The molecule has 0 spiro atoms. The molecule has 1 rings (SSSR count). The smallest absolute Gasteiger partial charge is 0.175 e. The summed E-state index contributed by atoms with van der Waals surface area (Å²) in [6, 6.07) is 1.36. The highest BCUT2D eigenvalue weighted by Gasteiger charge is 2.48. The van der Waals surface area contributed by atoms with Gasteiger partial charge in [-0.1, -0.05) is 19.6 Å². The standard InChI is InChI=1S/C12H29NO2Si2/c1-6-14-11-17(12-15-7-2)10-8-9-13(17)16(3,4)5/h6-12H2,1-5H3. The van der Waals surface area contributed by atoms with Crippen molar-refractivity contribution in [3.63, 3.8) is 0 Å². The van der Waals surface area contributed by atoms with Crippen LogP contribution < -0.4 is 0 Å². The molecule has 3 nitrogen and oxygen atoms in total. The van der Waals surface area contributed by atoms with Crippen molar-refractivity contribution < 1.29 is 9.47 Å². The fourth-order valence-electron chi connectivity index (χ4n) is 2.91. The first kappa shape index (κ1) is 15.4. The van der Waals surface area contributed by atoms with Gasteiger partial charge < -0.3 is 13.7 Å². The van der Waals surface area contributed by atoms with Gasteiger partial charge in [-0.05, 0) is 32.9 Å². The summed E-state index contributed by atoms with van der Waals surface area (Å²) in [6.07, 6.45) is 3.28. The first-order valence-corrected chi connectivity index (χ1v) is 12.9. The lowest BCUT2D eigenvalue weighted by atomic mass is 10.5.